The van der Waals surface area contributed by atoms with Crippen LogP contribution in [0, 0.1) is 5.82 Å². The molecule has 21 heavy (non-hydrogen) atoms. The number of halogens is 2. The van der Waals surface area contributed by atoms with Gasteiger partial charge in [0.15, 0.2) is 5.13 Å². The average Bonchev–Trinajstić information content (AvgIpc) is 2.84. The number of aryl methyl sites for hydroxylation is 1. The van der Waals surface area contributed by atoms with Gasteiger partial charge in [-0.2, -0.15) is 0 Å². The lowest BCUT2D eigenvalue weighted by Crippen LogP contribution is -2.17. The van der Waals surface area contributed by atoms with E-state index in [4.69, 9.17) is 0 Å². The second kappa shape index (κ2) is 5.73. The summed E-state index contributed by atoms with van der Waals surface area (Å²) in [7, 11) is 0. The van der Waals surface area contributed by atoms with Crippen molar-refractivity contribution in [3.63, 3.8) is 0 Å². The summed E-state index contributed by atoms with van der Waals surface area (Å²) < 4.78 is 13.9. The van der Waals surface area contributed by atoms with Crippen LogP contribution in [0.15, 0.2) is 22.7 Å². The fourth-order valence-electron chi connectivity index (χ4n) is 2.41. The van der Waals surface area contributed by atoms with Crippen LogP contribution in [0.4, 0.5) is 15.2 Å². The highest BCUT2D eigenvalue weighted by molar-refractivity contribution is 9.10. The minimum atomic E-state index is -0.831. The molecule has 1 aromatic heterocycles. The van der Waals surface area contributed by atoms with Gasteiger partial charge in [-0.05, 0) is 53.4 Å². The Hall–Kier alpha value is -1.47. The molecule has 1 aliphatic rings. The van der Waals surface area contributed by atoms with Crippen LogP contribution in [-0.4, -0.2) is 16.1 Å². The molecule has 0 saturated heterocycles. The molecule has 0 radical (unpaired) electrons. The van der Waals surface area contributed by atoms with Crippen molar-refractivity contribution in [2.75, 3.05) is 5.32 Å². The number of carboxylic acid groups (broad SMARTS) is 1. The molecule has 2 aromatic rings. The average molecular weight is 371 g/mol. The SMILES string of the molecule is O=C(O)C1CCCc2sc(Nc3ccc(Br)c(F)c3)nc21. The zero-order valence-electron chi connectivity index (χ0n) is 10.9. The molecular formula is C14H12BrFN2O2S. The van der Waals surface area contributed by atoms with E-state index >= 15 is 0 Å². The maximum atomic E-state index is 13.5. The maximum Gasteiger partial charge on any atom is 0.312 e. The Bertz CT molecular complexity index is 704. The van der Waals surface area contributed by atoms with Crippen molar-refractivity contribution >= 4 is 44.1 Å². The standard InChI is InChI=1S/C14H12BrFN2O2S/c15-9-5-4-7(6-10(9)16)17-14-18-12-8(13(19)20)2-1-3-11(12)21-14/h4-6,8H,1-3H2,(H,17,18)(H,19,20). The summed E-state index contributed by atoms with van der Waals surface area (Å²) >= 11 is 4.55. The summed E-state index contributed by atoms with van der Waals surface area (Å²) in [4.78, 5) is 16.7. The summed E-state index contributed by atoms with van der Waals surface area (Å²) in [6, 6.07) is 4.73. The molecule has 4 nitrogen and oxygen atoms in total. The molecule has 1 aromatic carbocycles. The van der Waals surface area contributed by atoms with E-state index in [1.165, 1.54) is 17.4 Å². The Balaban J connectivity index is 1.87. The molecule has 0 spiro atoms. The molecule has 1 heterocycles. The van der Waals surface area contributed by atoms with Gasteiger partial charge in [-0.3, -0.25) is 4.79 Å². The predicted octanol–water partition coefficient (Wildman–Crippen LogP) is 4.29. The van der Waals surface area contributed by atoms with E-state index in [0.29, 0.717) is 27.4 Å². The van der Waals surface area contributed by atoms with Crippen LogP contribution in [0.2, 0.25) is 0 Å². The van der Waals surface area contributed by atoms with Crippen LogP contribution in [-0.2, 0) is 11.2 Å². The third-order valence-electron chi connectivity index (χ3n) is 3.42. The van der Waals surface area contributed by atoms with Crippen LogP contribution in [0.5, 0.6) is 0 Å². The Morgan fingerprint density at radius 2 is 2.33 bits per heavy atom. The second-order valence-corrected chi connectivity index (χ2v) is 6.80. The number of nitrogens with one attached hydrogen (secondary N) is 1. The van der Waals surface area contributed by atoms with Crippen LogP contribution in [0.3, 0.4) is 0 Å². The molecule has 1 atom stereocenters. The first-order valence-electron chi connectivity index (χ1n) is 6.49. The summed E-state index contributed by atoms with van der Waals surface area (Å²) in [5.41, 5.74) is 1.24. The van der Waals surface area contributed by atoms with Gasteiger partial charge >= 0.3 is 5.97 Å². The Kier molecular flexibility index (Phi) is 3.95. The van der Waals surface area contributed by atoms with Gasteiger partial charge < -0.3 is 10.4 Å². The smallest absolute Gasteiger partial charge is 0.312 e. The first-order chi connectivity index (χ1) is 10.0. The number of anilines is 2. The molecule has 1 unspecified atom stereocenters. The second-order valence-electron chi connectivity index (χ2n) is 4.86. The van der Waals surface area contributed by atoms with Crippen molar-refractivity contribution in [3.8, 4) is 0 Å². The van der Waals surface area contributed by atoms with E-state index in [1.54, 1.807) is 12.1 Å². The lowest BCUT2D eigenvalue weighted by molar-refractivity contribution is -0.139. The minimum Gasteiger partial charge on any atom is -0.481 e. The third-order valence-corrected chi connectivity index (χ3v) is 5.11. The number of hydrogen-bond acceptors (Lipinski definition) is 4. The van der Waals surface area contributed by atoms with Crippen molar-refractivity contribution < 1.29 is 14.3 Å². The topological polar surface area (TPSA) is 62.2 Å². The number of fused-ring (bicyclic) bond motifs is 1. The fourth-order valence-corrected chi connectivity index (χ4v) is 3.74. The van der Waals surface area contributed by atoms with E-state index in [0.717, 1.165) is 17.7 Å². The number of aromatic nitrogens is 1. The number of thiazole rings is 1. The number of nitrogens with zero attached hydrogens (tertiary/aromatic N) is 1. The molecule has 0 fully saturated rings. The number of rotatable bonds is 3. The highest BCUT2D eigenvalue weighted by atomic mass is 79.9. The molecule has 0 amide bonds. The Morgan fingerprint density at radius 1 is 1.52 bits per heavy atom. The molecule has 2 N–H and O–H groups in total. The van der Waals surface area contributed by atoms with Crippen LogP contribution in [0.1, 0.15) is 29.3 Å². The van der Waals surface area contributed by atoms with Gasteiger partial charge in [0.05, 0.1) is 10.2 Å². The largest absolute Gasteiger partial charge is 0.481 e. The lowest BCUT2D eigenvalue weighted by atomic mass is 9.91. The number of benzene rings is 1. The van der Waals surface area contributed by atoms with Crippen molar-refractivity contribution in [2.45, 2.75) is 25.2 Å². The van der Waals surface area contributed by atoms with E-state index in [2.05, 4.69) is 26.2 Å². The van der Waals surface area contributed by atoms with Gasteiger partial charge in [0.1, 0.15) is 11.7 Å². The van der Waals surface area contributed by atoms with Crippen LogP contribution < -0.4 is 5.32 Å². The molecule has 3 rings (SSSR count). The van der Waals surface area contributed by atoms with Crippen LogP contribution >= 0.6 is 27.3 Å². The number of hydrogen-bond donors (Lipinski definition) is 2. The zero-order valence-corrected chi connectivity index (χ0v) is 13.3. The monoisotopic (exact) mass is 370 g/mol. The van der Waals surface area contributed by atoms with Gasteiger partial charge in [-0.15, -0.1) is 11.3 Å². The maximum absolute atomic E-state index is 13.5. The first-order valence-corrected chi connectivity index (χ1v) is 8.10. The van der Waals surface area contributed by atoms with Crippen molar-refractivity contribution in [1.82, 2.24) is 4.98 Å². The van der Waals surface area contributed by atoms with E-state index in [1.807, 2.05) is 0 Å². The number of carbonyl (C=O) groups is 1. The van der Waals surface area contributed by atoms with Crippen LogP contribution in [0.25, 0.3) is 0 Å². The summed E-state index contributed by atoms with van der Waals surface area (Å²) in [6.45, 7) is 0. The quantitative estimate of drug-likeness (QED) is 0.845. The Morgan fingerprint density at radius 3 is 3.05 bits per heavy atom. The first kappa shape index (κ1) is 14.5. The van der Waals surface area contributed by atoms with E-state index in [-0.39, 0.29) is 5.82 Å². The molecular weight excluding hydrogens is 359 g/mol. The zero-order chi connectivity index (χ0) is 15.0. The molecule has 7 heteroatoms. The minimum absolute atomic E-state index is 0.357. The molecule has 110 valence electrons. The van der Waals surface area contributed by atoms with Gasteiger partial charge in [0, 0.05) is 10.6 Å². The molecule has 0 bridgehead atoms. The molecule has 0 saturated carbocycles. The summed E-state index contributed by atoms with van der Waals surface area (Å²) in [5.74, 6) is -1.71. The van der Waals surface area contributed by atoms with Gasteiger partial charge in [0.2, 0.25) is 0 Å². The predicted molar refractivity (Wildman–Crippen MR) is 82.8 cm³/mol. The van der Waals surface area contributed by atoms with E-state index < -0.39 is 11.9 Å². The van der Waals surface area contributed by atoms with Crippen molar-refractivity contribution in [2.24, 2.45) is 0 Å². The Labute approximate surface area is 133 Å². The van der Waals surface area contributed by atoms with Gasteiger partial charge in [-0.1, -0.05) is 0 Å². The summed E-state index contributed by atoms with van der Waals surface area (Å²) in [6.07, 6.45) is 2.34. The normalized spacial score (nSPS) is 17.3. The highest BCUT2D eigenvalue weighted by Gasteiger charge is 2.29. The van der Waals surface area contributed by atoms with Crippen molar-refractivity contribution in [1.29, 1.82) is 0 Å². The third kappa shape index (κ3) is 2.94. The fraction of sp³-hybridized carbons (Fsp3) is 0.286. The lowest BCUT2D eigenvalue weighted by Gasteiger charge is -2.16. The highest BCUT2D eigenvalue weighted by Crippen LogP contribution is 2.37. The number of aliphatic carboxylic acids is 1. The molecule has 1 aliphatic carbocycles. The summed E-state index contributed by atoms with van der Waals surface area (Å²) in [5, 5.41) is 12.9. The van der Waals surface area contributed by atoms with Gasteiger partial charge in [0.25, 0.3) is 0 Å². The molecule has 0 aliphatic heterocycles. The van der Waals surface area contributed by atoms with Crippen molar-refractivity contribution in [3.05, 3.63) is 39.1 Å². The van der Waals surface area contributed by atoms with E-state index in [9.17, 15) is 14.3 Å². The van der Waals surface area contributed by atoms with Gasteiger partial charge in [-0.25, -0.2) is 9.37 Å². The number of carboxylic acids is 1.